The van der Waals surface area contributed by atoms with E-state index in [9.17, 15) is 9.90 Å². The molecule has 1 aromatic rings. The Labute approximate surface area is 154 Å². The topological polar surface area (TPSA) is 84.3 Å². The van der Waals surface area contributed by atoms with Gasteiger partial charge in [0.05, 0.1) is 23.5 Å². The van der Waals surface area contributed by atoms with Crippen molar-refractivity contribution in [1.82, 2.24) is 9.97 Å². The number of hydrogen-bond donors (Lipinski definition) is 2. The molecule has 4 fully saturated rings. The van der Waals surface area contributed by atoms with Gasteiger partial charge in [0, 0.05) is 11.7 Å². The van der Waals surface area contributed by atoms with E-state index < -0.39 is 5.60 Å². The Morgan fingerprint density at radius 3 is 2.62 bits per heavy atom. The molecule has 1 aromatic heterocycles. The average Bonchev–Trinajstić information content (AvgIpc) is 2.52. The maximum atomic E-state index is 12.2. The van der Waals surface area contributed by atoms with Crippen LogP contribution in [0.5, 0.6) is 0 Å². The van der Waals surface area contributed by atoms with Gasteiger partial charge in [-0.25, -0.2) is 14.8 Å². The highest BCUT2D eigenvalue weighted by Gasteiger charge is 2.57. The minimum absolute atomic E-state index is 0.0958. The highest BCUT2D eigenvalue weighted by Crippen LogP contribution is 2.58. The summed E-state index contributed by atoms with van der Waals surface area (Å²) in [6.45, 7) is 6.16. The Kier molecular flexibility index (Phi) is 4.21. The molecule has 4 aliphatic rings. The molecule has 4 aliphatic carbocycles. The average molecular weight is 359 g/mol. The van der Waals surface area contributed by atoms with Crippen LogP contribution in [0.1, 0.15) is 81.3 Å². The van der Waals surface area contributed by atoms with E-state index in [1.165, 1.54) is 6.42 Å². The lowest BCUT2D eigenvalue weighted by molar-refractivity contribution is -0.127. The molecule has 6 heteroatoms. The molecule has 1 heterocycles. The van der Waals surface area contributed by atoms with Crippen molar-refractivity contribution in [3.63, 3.8) is 0 Å². The number of aliphatic hydroxyl groups is 1. The summed E-state index contributed by atoms with van der Waals surface area (Å²) in [6.07, 6.45) is 7.62. The van der Waals surface area contributed by atoms with Crippen LogP contribution in [0.2, 0.25) is 0 Å². The third-order valence-corrected chi connectivity index (χ3v) is 6.27. The van der Waals surface area contributed by atoms with Crippen molar-refractivity contribution in [2.45, 2.75) is 76.4 Å². The maximum Gasteiger partial charge on any atom is 0.341 e. The number of nitrogens with zero attached hydrogens (tertiary/aromatic N) is 2. The van der Waals surface area contributed by atoms with Crippen LogP contribution in [-0.2, 0) is 4.74 Å². The zero-order valence-electron chi connectivity index (χ0n) is 15.9. The number of nitrogens with one attached hydrogen (secondary N) is 1. The van der Waals surface area contributed by atoms with Crippen molar-refractivity contribution in [3.05, 3.63) is 17.5 Å². The molecule has 0 radical (unpaired) electrons. The molecular formula is C20H29N3O3. The number of anilines is 1. The summed E-state index contributed by atoms with van der Waals surface area (Å²) in [4.78, 5) is 21.3. The second-order valence-corrected chi connectivity index (χ2v) is 8.96. The summed E-state index contributed by atoms with van der Waals surface area (Å²) < 4.78 is 5.13. The molecule has 0 aromatic carbocycles. The lowest BCUT2D eigenvalue weighted by Gasteiger charge is -2.60. The normalized spacial score (nSPS) is 35.0. The molecular weight excluding hydrogens is 330 g/mol. The highest BCUT2D eigenvalue weighted by molar-refractivity contribution is 5.90. The Morgan fingerprint density at radius 2 is 2.04 bits per heavy atom. The van der Waals surface area contributed by atoms with Gasteiger partial charge in [-0.2, -0.15) is 0 Å². The Bertz CT molecular complexity index is 704. The van der Waals surface area contributed by atoms with E-state index in [0.717, 1.165) is 32.1 Å². The van der Waals surface area contributed by atoms with Crippen molar-refractivity contribution >= 4 is 11.9 Å². The van der Waals surface area contributed by atoms with Crippen LogP contribution in [0.15, 0.2) is 6.20 Å². The summed E-state index contributed by atoms with van der Waals surface area (Å²) in [5, 5.41) is 14.5. The molecule has 0 saturated heterocycles. The van der Waals surface area contributed by atoms with Gasteiger partial charge >= 0.3 is 5.97 Å². The SMILES string of the molecule is CCOC(=O)c1cnc(NC23CC4CC(CC(O)(C4)C2)C3)nc1C(C)C. The number of carbonyl (C=O) groups is 1. The van der Waals surface area contributed by atoms with Gasteiger partial charge in [-0.05, 0) is 63.2 Å². The van der Waals surface area contributed by atoms with Crippen LogP contribution >= 0.6 is 0 Å². The monoisotopic (exact) mass is 359 g/mol. The number of aromatic nitrogens is 2. The van der Waals surface area contributed by atoms with E-state index >= 15 is 0 Å². The van der Waals surface area contributed by atoms with Crippen molar-refractivity contribution in [2.75, 3.05) is 11.9 Å². The van der Waals surface area contributed by atoms with Gasteiger partial charge in [0.2, 0.25) is 5.95 Å². The first-order valence-electron chi connectivity index (χ1n) is 9.86. The molecule has 0 spiro atoms. The fourth-order valence-electron chi connectivity index (χ4n) is 5.86. The molecule has 0 amide bonds. The van der Waals surface area contributed by atoms with Crippen molar-refractivity contribution in [3.8, 4) is 0 Å². The van der Waals surface area contributed by atoms with Gasteiger partial charge in [-0.3, -0.25) is 0 Å². The molecule has 142 valence electrons. The first kappa shape index (κ1) is 17.7. The van der Waals surface area contributed by atoms with Crippen LogP contribution < -0.4 is 5.32 Å². The van der Waals surface area contributed by atoms with Gasteiger partial charge in [0.1, 0.15) is 0 Å². The molecule has 4 bridgehead atoms. The zero-order valence-corrected chi connectivity index (χ0v) is 15.9. The molecule has 5 rings (SSSR count). The largest absolute Gasteiger partial charge is 0.462 e. The van der Waals surface area contributed by atoms with E-state index in [2.05, 4.69) is 15.3 Å². The number of ether oxygens (including phenoxy) is 1. The van der Waals surface area contributed by atoms with Crippen LogP contribution in [0.4, 0.5) is 5.95 Å². The lowest BCUT2D eigenvalue weighted by Crippen LogP contribution is -2.62. The molecule has 2 N–H and O–H groups in total. The summed E-state index contributed by atoms with van der Waals surface area (Å²) in [6, 6.07) is 0. The number of rotatable bonds is 5. The van der Waals surface area contributed by atoms with E-state index in [1.54, 1.807) is 13.1 Å². The predicted molar refractivity (Wildman–Crippen MR) is 98.1 cm³/mol. The third kappa shape index (κ3) is 3.08. The lowest BCUT2D eigenvalue weighted by atomic mass is 9.51. The number of hydrogen-bond acceptors (Lipinski definition) is 6. The number of esters is 1. The summed E-state index contributed by atoms with van der Waals surface area (Å²) >= 11 is 0. The smallest absolute Gasteiger partial charge is 0.341 e. The van der Waals surface area contributed by atoms with E-state index in [-0.39, 0.29) is 17.4 Å². The number of carbonyl (C=O) groups excluding carboxylic acids is 1. The minimum Gasteiger partial charge on any atom is -0.462 e. The first-order chi connectivity index (χ1) is 12.3. The second kappa shape index (κ2) is 6.19. The Balaban J connectivity index is 1.61. The summed E-state index contributed by atoms with van der Waals surface area (Å²) in [7, 11) is 0. The summed E-state index contributed by atoms with van der Waals surface area (Å²) in [5.41, 5.74) is 0.516. The maximum absolute atomic E-state index is 12.2. The molecule has 0 aliphatic heterocycles. The van der Waals surface area contributed by atoms with Crippen LogP contribution in [-0.4, -0.2) is 38.8 Å². The second-order valence-electron chi connectivity index (χ2n) is 8.96. The van der Waals surface area contributed by atoms with E-state index in [4.69, 9.17) is 4.74 Å². The third-order valence-electron chi connectivity index (χ3n) is 6.27. The molecule has 6 nitrogen and oxygen atoms in total. The van der Waals surface area contributed by atoms with E-state index in [1.807, 2.05) is 13.8 Å². The van der Waals surface area contributed by atoms with Gasteiger partial charge < -0.3 is 15.2 Å². The Morgan fingerprint density at radius 1 is 1.35 bits per heavy atom. The van der Waals surface area contributed by atoms with Gasteiger partial charge in [-0.15, -0.1) is 0 Å². The van der Waals surface area contributed by atoms with Crippen molar-refractivity contribution < 1.29 is 14.6 Å². The van der Waals surface area contributed by atoms with Crippen LogP contribution in [0.25, 0.3) is 0 Å². The molecule has 4 saturated carbocycles. The predicted octanol–water partition coefficient (Wildman–Crippen LogP) is 3.27. The molecule has 26 heavy (non-hydrogen) atoms. The van der Waals surface area contributed by atoms with Crippen molar-refractivity contribution in [2.24, 2.45) is 11.8 Å². The first-order valence-corrected chi connectivity index (χ1v) is 9.86. The van der Waals surface area contributed by atoms with Gasteiger partial charge in [0.25, 0.3) is 0 Å². The van der Waals surface area contributed by atoms with Gasteiger partial charge in [0.15, 0.2) is 0 Å². The highest BCUT2D eigenvalue weighted by atomic mass is 16.5. The molecule has 2 unspecified atom stereocenters. The van der Waals surface area contributed by atoms with Crippen molar-refractivity contribution in [1.29, 1.82) is 0 Å². The van der Waals surface area contributed by atoms with Gasteiger partial charge in [-0.1, -0.05) is 13.8 Å². The quantitative estimate of drug-likeness (QED) is 0.785. The fourth-order valence-corrected chi connectivity index (χ4v) is 5.86. The minimum atomic E-state index is -0.525. The van der Waals surface area contributed by atoms with Crippen LogP contribution in [0, 0.1) is 11.8 Å². The Hall–Kier alpha value is -1.69. The standard InChI is InChI=1S/C20H29N3O3/c1-4-26-17(24)15-10-21-18(22-16(15)12(2)3)23-19-6-13-5-14(7-19)9-20(25,8-13)11-19/h10,12-14,25H,4-9,11H2,1-3H3,(H,21,22,23). The van der Waals surface area contributed by atoms with E-state index in [0.29, 0.717) is 35.6 Å². The fraction of sp³-hybridized carbons (Fsp3) is 0.750. The summed E-state index contributed by atoms with van der Waals surface area (Å²) in [5.74, 6) is 1.48. The zero-order chi connectivity index (χ0) is 18.5. The van der Waals surface area contributed by atoms with Crippen LogP contribution in [0.3, 0.4) is 0 Å². The molecule has 2 atom stereocenters.